The number of hydrogen-bond donors (Lipinski definition) is 4. The first-order chi connectivity index (χ1) is 14.9. The van der Waals surface area contributed by atoms with Gasteiger partial charge in [0.1, 0.15) is 0 Å². The molecule has 4 N–H and O–H groups in total. The number of aromatic amines is 2. The molecule has 0 fully saturated rings. The fourth-order valence-electron chi connectivity index (χ4n) is 3.12. The van der Waals surface area contributed by atoms with Crippen molar-refractivity contribution in [3.05, 3.63) is 72.8 Å². The van der Waals surface area contributed by atoms with E-state index < -0.39 is 0 Å². The van der Waals surface area contributed by atoms with Crippen LogP contribution >= 0.6 is 0 Å². The minimum Gasteiger partial charge on any atom is -0.353 e. The molecule has 2 heterocycles. The molecular weight excluding hydrogens is 426 g/mol. The van der Waals surface area contributed by atoms with Gasteiger partial charge in [-0.1, -0.05) is 36.4 Å². The van der Waals surface area contributed by atoms with Gasteiger partial charge in [-0.3, -0.25) is 0 Å². The molecule has 5 rings (SSSR count). The van der Waals surface area contributed by atoms with E-state index in [2.05, 4.69) is 51.9 Å². The minimum absolute atomic E-state index is 0. The Hall–Kier alpha value is -2.60. The van der Waals surface area contributed by atoms with Gasteiger partial charge in [0, 0.05) is 22.5 Å². The third kappa shape index (κ3) is 5.23. The topological polar surface area (TPSA) is 133 Å². The molecule has 146 valence electrons. The predicted octanol–water partition coefficient (Wildman–Crippen LogP) is -2.46. The molecule has 0 aliphatic carbocycles. The Morgan fingerprint density at radius 2 is 0.875 bits per heavy atom. The molecule has 0 saturated heterocycles. The van der Waals surface area contributed by atoms with Crippen molar-refractivity contribution in [2.75, 3.05) is 10.6 Å². The predicted molar refractivity (Wildman–Crippen MR) is 112 cm³/mol. The van der Waals surface area contributed by atoms with Crippen molar-refractivity contribution in [1.29, 1.82) is 0 Å². The fourth-order valence-corrected chi connectivity index (χ4v) is 3.12. The number of nitrogens with one attached hydrogen (secondary N) is 4. The van der Waals surface area contributed by atoms with Gasteiger partial charge in [0.15, 0.2) is 0 Å². The van der Waals surface area contributed by atoms with Crippen LogP contribution < -0.4 is 69.7 Å². The SMILES string of the molecule is [Na+].[Na+].c1ccc(Nc2ccccc2-c2nn[nH]n2)c(Nc2ccccc2-c2nn[nH]n2)c1. The molecule has 10 nitrogen and oxygen atoms in total. The van der Waals surface area contributed by atoms with Crippen LogP contribution in [0.25, 0.3) is 22.8 Å². The van der Waals surface area contributed by atoms with Gasteiger partial charge in [0.2, 0.25) is 11.6 Å². The Morgan fingerprint density at radius 3 is 1.25 bits per heavy atom. The van der Waals surface area contributed by atoms with E-state index in [4.69, 9.17) is 0 Å². The van der Waals surface area contributed by atoms with Gasteiger partial charge < -0.3 is 10.6 Å². The molecule has 5 aromatic rings. The van der Waals surface area contributed by atoms with Crippen molar-refractivity contribution >= 4 is 22.7 Å². The van der Waals surface area contributed by atoms with Crippen LogP contribution in [0.1, 0.15) is 0 Å². The molecule has 0 unspecified atom stereocenters. The molecule has 0 aliphatic heterocycles. The van der Waals surface area contributed by atoms with Crippen molar-refractivity contribution < 1.29 is 59.1 Å². The average Bonchev–Trinajstić information content (AvgIpc) is 3.51. The minimum atomic E-state index is 0. The number of hydrogen-bond acceptors (Lipinski definition) is 8. The van der Waals surface area contributed by atoms with Crippen LogP contribution in [0.2, 0.25) is 0 Å². The Labute approximate surface area is 227 Å². The zero-order valence-electron chi connectivity index (χ0n) is 17.6. The molecule has 0 radical (unpaired) electrons. The van der Waals surface area contributed by atoms with Gasteiger partial charge in [-0.05, 0) is 46.8 Å². The van der Waals surface area contributed by atoms with Crippen molar-refractivity contribution in [2.24, 2.45) is 0 Å². The van der Waals surface area contributed by atoms with Crippen molar-refractivity contribution in [3.8, 4) is 22.8 Å². The summed E-state index contributed by atoms with van der Waals surface area (Å²) in [5.74, 6) is 1.04. The maximum absolute atomic E-state index is 4.09. The van der Waals surface area contributed by atoms with Crippen LogP contribution in [0.4, 0.5) is 22.7 Å². The number of anilines is 4. The van der Waals surface area contributed by atoms with Gasteiger partial charge in [0.25, 0.3) is 0 Å². The third-order valence-corrected chi connectivity index (χ3v) is 4.49. The van der Waals surface area contributed by atoms with Gasteiger partial charge in [-0.2, -0.15) is 10.4 Å². The summed E-state index contributed by atoms with van der Waals surface area (Å²) < 4.78 is 0. The molecule has 0 aliphatic rings. The molecule has 12 heteroatoms. The third-order valence-electron chi connectivity index (χ3n) is 4.49. The summed E-state index contributed by atoms with van der Waals surface area (Å²) in [6.45, 7) is 0. The van der Waals surface area contributed by atoms with E-state index in [1.807, 2.05) is 72.8 Å². The number of benzene rings is 3. The zero-order chi connectivity index (χ0) is 20.2. The van der Waals surface area contributed by atoms with Gasteiger partial charge in [0.05, 0.1) is 11.4 Å². The summed E-state index contributed by atoms with van der Waals surface area (Å²) in [6.07, 6.45) is 0. The number of nitrogens with zero attached hydrogens (tertiary/aromatic N) is 6. The Kier molecular flexibility index (Phi) is 8.51. The Bertz CT molecular complexity index is 1160. The molecule has 0 atom stereocenters. The van der Waals surface area contributed by atoms with E-state index >= 15 is 0 Å². The molecule has 0 saturated carbocycles. The van der Waals surface area contributed by atoms with Crippen molar-refractivity contribution in [2.45, 2.75) is 0 Å². The smallest absolute Gasteiger partial charge is 0.353 e. The number of para-hydroxylation sites is 4. The van der Waals surface area contributed by atoms with E-state index in [9.17, 15) is 0 Å². The van der Waals surface area contributed by atoms with Crippen LogP contribution in [0.3, 0.4) is 0 Å². The molecule has 0 amide bonds. The second-order valence-electron chi connectivity index (χ2n) is 6.36. The van der Waals surface area contributed by atoms with E-state index in [0.29, 0.717) is 11.6 Å². The summed E-state index contributed by atoms with van der Waals surface area (Å²) in [5.41, 5.74) is 5.17. The first-order valence-corrected chi connectivity index (χ1v) is 9.17. The summed E-state index contributed by atoms with van der Waals surface area (Å²) in [7, 11) is 0. The van der Waals surface area contributed by atoms with Gasteiger partial charge >= 0.3 is 59.1 Å². The quantitative estimate of drug-likeness (QED) is 0.213. The number of rotatable bonds is 6. The van der Waals surface area contributed by atoms with Crippen molar-refractivity contribution in [3.63, 3.8) is 0 Å². The largest absolute Gasteiger partial charge is 1.00 e. The second-order valence-corrected chi connectivity index (χ2v) is 6.36. The van der Waals surface area contributed by atoms with E-state index in [1.165, 1.54) is 0 Å². The van der Waals surface area contributed by atoms with Gasteiger partial charge in [-0.15, -0.1) is 20.4 Å². The molecule has 2 aromatic heterocycles. The van der Waals surface area contributed by atoms with Crippen LogP contribution in [-0.4, -0.2) is 41.2 Å². The van der Waals surface area contributed by atoms with Crippen LogP contribution in [0, 0.1) is 0 Å². The molecular formula is C20H16N10Na2+2. The molecule has 3 aromatic carbocycles. The average molecular weight is 442 g/mol. The van der Waals surface area contributed by atoms with Gasteiger partial charge in [-0.25, -0.2) is 0 Å². The van der Waals surface area contributed by atoms with E-state index in [-0.39, 0.29) is 59.1 Å². The van der Waals surface area contributed by atoms with E-state index in [1.54, 1.807) is 0 Å². The van der Waals surface area contributed by atoms with Crippen molar-refractivity contribution in [1.82, 2.24) is 41.2 Å². The molecule has 0 spiro atoms. The first kappa shape index (κ1) is 24.1. The summed E-state index contributed by atoms with van der Waals surface area (Å²) in [5, 5.41) is 35.6. The van der Waals surface area contributed by atoms with Crippen LogP contribution in [0.15, 0.2) is 72.8 Å². The molecule has 32 heavy (non-hydrogen) atoms. The van der Waals surface area contributed by atoms with Crippen LogP contribution in [-0.2, 0) is 0 Å². The monoisotopic (exact) mass is 442 g/mol. The number of aromatic nitrogens is 8. The number of H-pyrrole nitrogens is 2. The standard InChI is InChI=1S/C20H16N10.2Na/c1-3-9-15(13(7-1)19-23-27-28-24-19)21-17-11-5-6-12-18(17)22-16-10-4-2-8-14(16)20-25-29-30-26-20;;/h1-12,21-22H,(H,23,24,27,28)(H,25,26,29,30);;/q;2*+1. The molecule has 0 bridgehead atoms. The zero-order valence-corrected chi connectivity index (χ0v) is 21.6. The summed E-state index contributed by atoms with van der Waals surface area (Å²) in [4.78, 5) is 0. The Morgan fingerprint density at radius 1 is 0.500 bits per heavy atom. The normalized spacial score (nSPS) is 10.0. The number of tetrazole rings is 2. The maximum atomic E-state index is 4.09. The Balaban J connectivity index is 0.00000144. The summed E-state index contributed by atoms with van der Waals surface area (Å²) in [6, 6.07) is 23.5. The van der Waals surface area contributed by atoms with E-state index in [0.717, 1.165) is 33.9 Å². The summed E-state index contributed by atoms with van der Waals surface area (Å²) >= 11 is 0. The first-order valence-electron chi connectivity index (χ1n) is 9.17. The fraction of sp³-hybridized carbons (Fsp3) is 0. The second kappa shape index (κ2) is 11.3. The van der Waals surface area contributed by atoms with Crippen LogP contribution in [0.5, 0.6) is 0 Å². The maximum Gasteiger partial charge on any atom is 1.00 e.